The zero-order valence-corrected chi connectivity index (χ0v) is 12.8. The second-order valence-corrected chi connectivity index (χ2v) is 5.39. The summed E-state index contributed by atoms with van der Waals surface area (Å²) < 4.78 is 32.9. The Labute approximate surface area is 137 Å². The number of aromatic nitrogens is 2. The molecule has 1 aliphatic rings. The Morgan fingerprint density at radius 2 is 1.92 bits per heavy atom. The molecule has 1 N–H and O–H groups in total. The van der Waals surface area contributed by atoms with Gasteiger partial charge in [0.2, 0.25) is 0 Å². The summed E-state index contributed by atoms with van der Waals surface area (Å²) in [5, 5.41) is 2.28. The highest BCUT2D eigenvalue weighted by Gasteiger charge is 2.26. The number of ether oxygens (including phenoxy) is 1. The molecule has 8 heteroatoms. The Hall–Kier alpha value is -2.77. The first-order valence-corrected chi connectivity index (χ1v) is 7.57. The van der Waals surface area contributed by atoms with Crippen LogP contribution in [0.15, 0.2) is 36.7 Å². The van der Waals surface area contributed by atoms with E-state index in [-0.39, 0.29) is 12.1 Å². The highest BCUT2D eigenvalue weighted by atomic mass is 19.1. The van der Waals surface area contributed by atoms with Crippen molar-refractivity contribution in [2.24, 2.45) is 0 Å². The lowest BCUT2D eigenvalue weighted by atomic mass is 10.1. The fraction of sp³-hybridized carbons (Fsp3) is 0.312. The van der Waals surface area contributed by atoms with E-state index in [1.54, 1.807) is 18.5 Å². The van der Waals surface area contributed by atoms with E-state index in [0.29, 0.717) is 19.5 Å². The molecule has 6 nitrogen and oxygen atoms in total. The minimum atomic E-state index is -0.814. The Bertz CT molecular complexity index is 694. The lowest BCUT2D eigenvalue weighted by Gasteiger charge is -2.32. The van der Waals surface area contributed by atoms with Crippen molar-refractivity contribution >= 4 is 11.7 Å². The van der Waals surface area contributed by atoms with Crippen molar-refractivity contribution in [3.8, 4) is 6.01 Å². The lowest BCUT2D eigenvalue weighted by molar-refractivity contribution is 0.0982. The summed E-state index contributed by atoms with van der Waals surface area (Å²) in [5.74, 6) is -1.63. The first-order chi connectivity index (χ1) is 11.6. The van der Waals surface area contributed by atoms with Crippen LogP contribution in [0.1, 0.15) is 12.8 Å². The van der Waals surface area contributed by atoms with Gasteiger partial charge in [-0.05, 0) is 31.0 Å². The molecular formula is C16H16F2N4O2. The SMILES string of the molecule is O=C(Nc1c(F)cccc1F)N1CCCC(Oc2ncccn2)C1. The molecule has 2 amide bonds. The molecule has 0 saturated carbocycles. The van der Waals surface area contributed by atoms with Crippen LogP contribution < -0.4 is 10.1 Å². The quantitative estimate of drug-likeness (QED) is 0.937. The number of nitrogens with one attached hydrogen (secondary N) is 1. The normalized spacial score (nSPS) is 17.4. The Morgan fingerprint density at radius 3 is 2.62 bits per heavy atom. The van der Waals surface area contributed by atoms with Crippen LogP contribution >= 0.6 is 0 Å². The molecule has 1 aromatic carbocycles. The number of likely N-dealkylation sites (tertiary alicyclic amines) is 1. The third-order valence-corrected chi connectivity index (χ3v) is 3.67. The maximum Gasteiger partial charge on any atom is 0.322 e. The van der Waals surface area contributed by atoms with Crippen LogP contribution in [0, 0.1) is 11.6 Å². The Balaban J connectivity index is 1.63. The van der Waals surface area contributed by atoms with E-state index in [0.717, 1.165) is 18.6 Å². The summed E-state index contributed by atoms with van der Waals surface area (Å²) in [6.45, 7) is 0.775. The zero-order chi connectivity index (χ0) is 16.9. The average Bonchev–Trinajstić information content (AvgIpc) is 2.59. The predicted octanol–water partition coefficient (Wildman–Crippen LogP) is 2.83. The van der Waals surface area contributed by atoms with Crippen molar-refractivity contribution in [2.45, 2.75) is 18.9 Å². The number of urea groups is 1. The van der Waals surface area contributed by atoms with Gasteiger partial charge in [-0.15, -0.1) is 0 Å². The van der Waals surface area contributed by atoms with Gasteiger partial charge in [0.15, 0.2) is 0 Å². The number of nitrogens with zero attached hydrogens (tertiary/aromatic N) is 3. The standard InChI is InChI=1S/C16H16F2N4O2/c17-12-5-1-6-13(18)14(12)21-16(23)22-9-2-4-11(10-22)24-15-19-7-3-8-20-15/h1,3,5-8,11H,2,4,9-10H2,(H,21,23). The first-order valence-electron chi connectivity index (χ1n) is 7.57. The summed E-state index contributed by atoms with van der Waals surface area (Å²) >= 11 is 0. The van der Waals surface area contributed by atoms with Gasteiger partial charge in [-0.1, -0.05) is 6.07 Å². The molecule has 1 unspecified atom stereocenters. The molecule has 1 fully saturated rings. The van der Waals surface area contributed by atoms with E-state index in [4.69, 9.17) is 4.74 Å². The van der Waals surface area contributed by atoms with Gasteiger partial charge in [-0.3, -0.25) is 0 Å². The van der Waals surface area contributed by atoms with Gasteiger partial charge in [-0.25, -0.2) is 23.5 Å². The van der Waals surface area contributed by atoms with Crippen molar-refractivity contribution in [1.29, 1.82) is 0 Å². The highest BCUT2D eigenvalue weighted by molar-refractivity contribution is 5.89. The topological polar surface area (TPSA) is 67.4 Å². The molecule has 24 heavy (non-hydrogen) atoms. The number of anilines is 1. The number of amides is 2. The van der Waals surface area contributed by atoms with Crippen LogP contribution in [0.4, 0.5) is 19.3 Å². The van der Waals surface area contributed by atoms with E-state index in [1.807, 2.05) is 0 Å². The van der Waals surface area contributed by atoms with Crippen LogP contribution in [0.25, 0.3) is 0 Å². The fourth-order valence-electron chi connectivity index (χ4n) is 2.52. The molecule has 1 aliphatic heterocycles. The van der Waals surface area contributed by atoms with Crippen LogP contribution in [-0.4, -0.2) is 40.1 Å². The summed E-state index contributed by atoms with van der Waals surface area (Å²) in [5.41, 5.74) is -0.447. The molecule has 2 heterocycles. The van der Waals surface area contributed by atoms with Crippen molar-refractivity contribution in [1.82, 2.24) is 14.9 Å². The van der Waals surface area contributed by atoms with E-state index in [9.17, 15) is 13.6 Å². The van der Waals surface area contributed by atoms with Gasteiger partial charge in [0.1, 0.15) is 23.4 Å². The number of carbonyl (C=O) groups excluding carboxylic acids is 1. The number of benzene rings is 1. The number of hydrogen-bond acceptors (Lipinski definition) is 4. The number of rotatable bonds is 3. The van der Waals surface area contributed by atoms with Crippen molar-refractivity contribution in [3.63, 3.8) is 0 Å². The predicted molar refractivity (Wildman–Crippen MR) is 82.6 cm³/mol. The molecule has 126 valence electrons. The minimum Gasteiger partial charge on any atom is -0.458 e. The molecule has 1 atom stereocenters. The highest BCUT2D eigenvalue weighted by Crippen LogP contribution is 2.20. The van der Waals surface area contributed by atoms with Crippen molar-refractivity contribution < 1.29 is 18.3 Å². The zero-order valence-electron chi connectivity index (χ0n) is 12.8. The van der Waals surface area contributed by atoms with Crippen LogP contribution in [-0.2, 0) is 0 Å². The summed E-state index contributed by atoms with van der Waals surface area (Å²) in [6.07, 6.45) is 4.32. The molecule has 2 aromatic rings. The van der Waals surface area contributed by atoms with E-state index < -0.39 is 23.4 Å². The van der Waals surface area contributed by atoms with Crippen LogP contribution in [0.2, 0.25) is 0 Å². The summed E-state index contributed by atoms with van der Waals surface area (Å²) in [4.78, 5) is 21.7. The first kappa shape index (κ1) is 16.1. The van der Waals surface area contributed by atoms with E-state index >= 15 is 0 Å². The van der Waals surface area contributed by atoms with Crippen LogP contribution in [0.3, 0.4) is 0 Å². The second-order valence-electron chi connectivity index (χ2n) is 5.39. The Kier molecular flexibility index (Phi) is 4.83. The second kappa shape index (κ2) is 7.20. The number of para-hydroxylation sites is 1. The maximum atomic E-state index is 13.6. The lowest BCUT2D eigenvalue weighted by Crippen LogP contribution is -2.46. The van der Waals surface area contributed by atoms with Crippen molar-refractivity contribution in [3.05, 3.63) is 48.3 Å². The molecule has 0 aliphatic carbocycles. The molecule has 1 aromatic heterocycles. The molecule has 3 rings (SSSR count). The molecular weight excluding hydrogens is 318 g/mol. The van der Waals surface area contributed by atoms with Gasteiger partial charge in [0.25, 0.3) is 0 Å². The fourth-order valence-corrected chi connectivity index (χ4v) is 2.52. The number of piperidine rings is 1. The number of halogens is 2. The van der Waals surface area contributed by atoms with Gasteiger partial charge >= 0.3 is 12.0 Å². The third kappa shape index (κ3) is 3.76. The van der Waals surface area contributed by atoms with Gasteiger partial charge in [0.05, 0.1) is 6.54 Å². The average molecular weight is 334 g/mol. The third-order valence-electron chi connectivity index (χ3n) is 3.67. The van der Waals surface area contributed by atoms with E-state index in [1.165, 1.54) is 11.0 Å². The Morgan fingerprint density at radius 1 is 1.21 bits per heavy atom. The molecule has 1 saturated heterocycles. The molecule has 0 spiro atoms. The number of carbonyl (C=O) groups is 1. The molecule has 0 radical (unpaired) electrons. The van der Waals surface area contributed by atoms with Crippen molar-refractivity contribution in [2.75, 3.05) is 18.4 Å². The van der Waals surface area contributed by atoms with Gasteiger partial charge < -0.3 is 15.0 Å². The van der Waals surface area contributed by atoms with Gasteiger partial charge in [0, 0.05) is 18.9 Å². The summed E-state index contributed by atoms with van der Waals surface area (Å²) in [6, 6.07) is 4.77. The van der Waals surface area contributed by atoms with Crippen LogP contribution in [0.5, 0.6) is 6.01 Å². The smallest absolute Gasteiger partial charge is 0.322 e. The van der Waals surface area contributed by atoms with E-state index in [2.05, 4.69) is 15.3 Å². The largest absolute Gasteiger partial charge is 0.458 e. The molecule has 0 bridgehead atoms. The van der Waals surface area contributed by atoms with Gasteiger partial charge in [-0.2, -0.15) is 0 Å². The minimum absolute atomic E-state index is 0.241. The maximum absolute atomic E-state index is 13.6. The number of hydrogen-bond donors (Lipinski definition) is 1. The summed E-state index contributed by atoms with van der Waals surface area (Å²) in [7, 11) is 0. The monoisotopic (exact) mass is 334 g/mol.